The van der Waals surface area contributed by atoms with Crippen molar-refractivity contribution in [3.63, 3.8) is 0 Å². The van der Waals surface area contributed by atoms with Gasteiger partial charge in [-0.2, -0.15) is 13.2 Å². The van der Waals surface area contributed by atoms with Gasteiger partial charge in [0.25, 0.3) is 5.91 Å². The molecule has 0 radical (unpaired) electrons. The molecule has 19 heavy (non-hydrogen) atoms. The summed E-state index contributed by atoms with van der Waals surface area (Å²) in [5, 5.41) is 11.4. The number of carbonyl (C=O) groups excluding carboxylic acids is 1. The minimum absolute atomic E-state index is 0.0789. The van der Waals surface area contributed by atoms with Crippen LogP contribution in [0.3, 0.4) is 0 Å². The van der Waals surface area contributed by atoms with Crippen molar-refractivity contribution in [2.24, 2.45) is 0 Å². The number of halogens is 3. The minimum Gasteiger partial charge on any atom is -0.395 e. The molecule has 2 N–H and O–H groups in total. The predicted octanol–water partition coefficient (Wildman–Crippen LogP) is 1.12. The summed E-state index contributed by atoms with van der Waals surface area (Å²) in [5.74, 6) is -0.807. The van der Waals surface area contributed by atoms with Gasteiger partial charge in [0.1, 0.15) is 6.54 Å². The number of nitrogens with zero attached hydrogens (tertiary/aromatic N) is 2. The maximum absolute atomic E-state index is 12.4. The van der Waals surface area contributed by atoms with E-state index in [2.05, 4.69) is 10.3 Å². The van der Waals surface area contributed by atoms with Crippen molar-refractivity contribution in [2.75, 3.05) is 32.1 Å². The highest BCUT2D eigenvalue weighted by Crippen LogP contribution is 2.20. The molecule has 1 rings (SSSR count). The zero-order chi connectivity index (χ0) is 14.5. The molecular formula is C11H14F3N3O2. The molecule has 1 aromatic rings. The van der Waals surface area contributed by atoms with Gasteiger partial charge >= 0.3 is 6.18 Å². The van der Waals surface area contributed by atoms with Crippen LogP contribution < -0.4 is 5.32 Å². The van der Waals surface area contributed by atoms with E-state index in [1.807, 2.05) is 0 Å². The van der Waals surface area contributed by atoms with E-state index in [1.165, 1.54) is 25.5 Å². The zero-order valence-corrected chi connectivity index (χ0v) is 10.2. The summed E-state index contributed by atoms with van der Waals surface area (Å²) in [4.78, 5) is 16.4. The molecule has 0 aliphatic heterocycles. The third-order valence-corrected chi connectivity index (χ3v) is 2.35. The molecule has 1 amide bonds. The second kappa shape index (κ2) is 6.37. The van der Waals surface area contributed by atoms with Crippen LogP contribution in [0, 0.1) is 0 Å². The molecule has 0 bridgehead atoms. The van der Waals surface area contributed by atoms with Gasteiger partial charge < -0.3 is 15.3 Å². The fourth-order valence-corrected chi connectivity index (χ4v) is 1.54. The second-order valence-electron chi connectivity index (χ2n) is 3.74. The van der Waals surface area contributed by atoms with E-state index in [0.717, 1.165) is 0 Å². The standard InChI is InChI=1S/C11H14F3N3O2/c1-15-9-6-16-3-2-8(9)10(19)17(4-5-18)7-11(12,13)14/h2-3,6,15,18H,4-5,7H2,1H3. The summed E-state index contributed by atoms with van der Waals surface area (Å²) < 4.78 is 37.2. The Hall–Kier alpha value is -1.83. The average Bonchev–Trinajstić information content (AvgIpc) is 2.36. The lowest BCUT2D eigenvalue weighted by atomic mass is 10.2. The highest BCUT2D eigenvalue weighted by molar-refractivity contribution is 5.99. The van der Waals surface area contributed by atoms with Crippen LogP contribution in [0.5, 0.6) is 0 Å². The van der Waals surface area contributed by atoms with Crippen LogP contribution in [-0.2, 0) is 0 Å². The Morgan fingerprint density at radius 2 is 2.21 bits per heavy atom. The van der Waals surface area contributed by atoms with E-state index in [4.69, 9.17) is 5.11 Å². The molecule has 5 nitrogen and oxygen atoms in total. The molecule has 0 spiro atoms. The van der Waals surface area contributed by atoms with Gasteiger partial charge in [-0.25, -0.2) is 0 Å². The Morgan fingerprint density at radius 1 is 1.53 bits per heavy atom. The predicted molar refractivity (Wildman–Crippen MR) is 62.8 cm³/mol. The molecule has 0 atom stereocenters. The van der Waals surface area contributed by atoms with Crippen molar-refractivity contribution in [1.82, 2.24) is 9.88 Å². The number of pyridine rings is 1. The van der Waals surface area contributed by atoms with E-state index < -0.39 is 25.2 Å². The number of hydrogen-bond acceptors (Lipinski definition) is 4. The fraction of sp³-hybridized carbons (Fsp3) is 0.455. The number of aliphatic hydroxyl groups is 1. The van der Waals surface area contributed by atoms with Gasteiger partial charge in [-0.15, -0.1) is 0 Å². The minimum atomic E-state index is -4.52. The molecule has 0 aromatic carbocycles. The number of aliphatic hydroxyl groups excluding tert-OH is 1. The Labute approximate surface area is 108 Å². The Balaban J connectivity index is 2.99. The van der Waals surface area contributed by atoms with Gasteiger partial charge in [0.2, 0.25) is 0 Å². The summed E-state index contributed by atoms with van der Waals surface area (Å²) >= 11 is 0. The summed E-state index contributed by atoms with van der Waals surface area (Å²) in [7, 11) is 1.54. The van der Waals surface area contributed by atoms with Gasteiger partial charge in [-0.1, -0.05) is 0 Å². The third-order valence-electron chi connectivity index (χ3n) is 2.35. The number of rotatable bonds is 5. The third kappa shape index (κ3) is 4.40. The zero-order valence-electron chi connectivity index (χ0n) is 10.2. The van der Waals surface area contributed by atoms with E-state index in [1.54, 1.807) is 0 Å². The maximum Gasteiger partial charge on any atom is 0.406 e. The normalized spacial score (nSPS) is 11.2. The first kappa shape index (κ1) is 15.2. The SMILES string of the molecule is CNc1cnccc1C(=O)N(CCO)CC(F)(F)F. The molecule has 0 saturated heterocycles. The van der Waals surface area contributed by atoms with E-state index in [9.17, 15) is 18.0 Å². The Morgan fingerprint density at radius 3 is 2.74 bits per heavy atom. The number of hydrogen-bond donors (Lipinski definition) is 2. The van der Waals surface area contributed by atoms with Crippen LogP contribution in [0.2, 0.25) is 0 Å². The first-order valence-electron chi connectivity index (χ1n) is 5.47. The van der Waals surface area contributed by atoms with E-state index >= 15 is 0 Å². The van der Waals surface area contributed by atoms with Crippen LogP contribution in [0.4, 0.5) is 18.9 Å². The number of amides is 1. The summed E-state index contributed by atoms with van der Waals surface area (Å²) in [5.41, 5.74) is 0.410. The van der Waals surface area contributed by atoms with Crippen molar-refractivity contribution in [1.29, 1.82) is 0 Å². The topological polar surface area (TPSA) is 65.5 Å². The number of anilines is 1. The van der Waals surface area contributed by atoms with Crippen molar-refractivity contribution in [3.8, 4) is 0 Å². The largest absolute Gasteiger partial charge is 0.406 e. The lowest BCUT2D eigenvalue weighted by Gasteiger charge is -2.24. The highest BCUT2D eigenvalue weighted by atomic mass is 19.4. The van der Waals surface area contributed by atoms with Crippen molar-refractivity contribution < 1.29 is 23.1 Å². The Bertz CT molecular complexity index is 437. The number of alkyl halides is 3. The molecule has 8 heteroatoms. The molecule has 0 fully saturated rings. The monoisotopic (exact) mass is 277 g/mol. The van der Waals surface area contributed by atoms with Crippen molar-refractivity contribution in [2.45, 2.75) is 6.18 Å². The van der Waals surface area contributed by atoms with E-state index in [0.29, 0.717) is 10.6 Å². The van der Waals surface area contributed by atoms with Crippen LogP contribution in [0.25, 0.3) is 0 Å². The first-order valence-corrected chi connectivity index (χ1v) is 5.47. The maximum atomic E-state index is 12.4. The fourth-order valence-electron chi connectivity index (χ4n) is 1.54. The number of carbonyl (C=O) groups is 1. The molecular weight excluding hydrogens is 263 g/mol. The second-order valence-corrected chi connectivity index (χ2v) is 3.74. The van der Waals surface area contributed by atoms with Crippen molar-refractivity contribution in [3.05, 3.63) is 24.0 Å². The van der Waals surface area contributed by atoms with E-state index in [-0.39, 0.29) is 12.1 Å². The molecule has 0 aliphatic carbocycles. The van der Waals surface area contributed by atoms with Crippen LogP contribution in [0.1, 0.15) is 10.4 Å². The Kier molecular flexibility index (Phi) is 5.11. The molecule has 106 valence electrons. The van der Waals surface area contributed by atoms with Crippen LogP contribution in [0.15, 0.2) is 18.5 Å². The quantitative estimate of drug-likeness (QED) is 0.846. The molecule has 1 aromatic heterocycles. The van der Waals surface area contributed by atoms with Crippen LogP contribution >= 0.6 is 0 Å². The van der Waals surface area contributed by atoms with Crippen molar-refractivity contribution >= 4 is 11.6 Å². The first-order chi connectivity index (χ1) is 8.89. The lowest BCUT2D eigenvalue weighted by molar-refractivity contribution is -0.141. The highest BCUT2D eigenvalue weighted by Gasteiger charge is 2.33. The van der Waals surface area contributed by atoms with Crippen LogP contribution in [-0.4, -0.2) is 53.8 Å². The average molecular weight is 277 g/mol. The van der Waals surface area contributed by atoms with Gasteiger partial charge in [-0.05, 0) is 6.07 Å². The number of aromatic nitrogens is 1. The summed E-state index contributed by atoms with van der Waals surface area (Å²) in [6.07, 6.45) is -1.85. The molecule has 0 unspecified atom stereocenters. The summed E-state index contributed by atoms with van der Waals surface area (Å²) in [6.45, 7) is -2.33. The molecule has 1 heterocycles. The lowest BCUT2D eigenvalue weighted by Crippen LogP contribution is -2.40. The van der Waals surface area contributed by atoms with Gasteiger partial charge in [0.05, 0.1) is 24.1 Å². The van der Waals surface area contributed by atoms with Gasteiger partial charge in [-0.3, -0.25) is 9.78 Å². The smallest absolute Gasteiger partial charge is 0.395 e. The summed E-state index contributed by atoms with van der Waals surface area (Å²) in [6, 6.07) is 1.33. The molecule has 0 saturated carbocycles. The molecule has 0 aliphatic rings. The van der Waals surface area contributed by atoms with Gasteiger partial charge in [0.15, 0.2) is 0 Å². The number of nitrogens with one attached hydrogen (secondary N) is 1. The van der Waals surface area contributed by atoms with Gasteiger partial charge in [0, 0.05) is 19.8 Å².